The van der Waals surface area contributed by atoms with E-state index in [0.29, 0.717) is 0 Å². The van der Waals surface area contributed by atoms with Gasteiger partial charge in [0, 0.05) is 17.2 Å². The lowest BCUT2D eigenvalue weighted by molar-refractivity contribution is -0.166. The first-order valence-corrected chi connectivity index (χ1v) is 14.0. The molecule has 0 aromatic heterocycles. The van der Waals surface area contributed by atoms with Crippen LogP contribution in [0.5, 0.6) is 0 Å². The normalized spacial score (nSPS) is 30.8. The number of benzene rings is 1. The predicted molar refractivity (Wildman–Crippen MR) is 121 cm³/mol. The van der Waals surface area contributed by atoms with Crippen LogP contribution in [0.25, 0.3) is 0 Å². The van der Waals surface area contributed by atoms with Crippen molar-refractivity contribution in [3.05, 3.63) is 29.8 Å². The Kier molecular flexibility index (Phi) is 6.78. The van der Waals surface area contributed by atoms with Crippen molar-refractivity contribution in [1.82, 2.24) is 0 Å². The summed E-state index contributed by atoms with van der Waals surface area (Å²) in [6.07, 6.45) is -2.72. The van der Waals surface area contributed by atoms with Gasteiger partial charge in [0.25, 0.3) is 10.1 Å². The molecule has 32 heavy (non-hydrogen) atoms. The molecular formula is C22H36O8SSi. The molecule has 0 saturated carbocycles. The second kappa shape index (κ2) is 8.42. The van der Waals surface area contributed by atoms with E-state index in [9.17, 15) is 13.5 Å². The van der Waals surface area contributed by atoms with Gasteiger partial charge in [0.2, 0.25) is 0 Å². The van der Waals surface area contributed by atoms with E-state index in [2.05, 4.69) is 41.5 Å². The van der Waals surface area contributed by atoms with Gasteiger partial charge >= 0.3 is 8.56 Å². The summed E-state index contributed by atoms with van der Waals surface area (Å²) in [7, 11) is -5.64. The monoisotopic (exact) mass is 488 g/mol. The van der Waals surface area contributed by atoms with E-state index in [1.165, 1.54) is 19.2 Å². The first kappa shape index (κ1) is 25.8. The van der Waals surface area contributed by atoms with Gasteiger partial charge < -0.3 is 23.4 Å². The Morgan fingerprint density at radius 3 is 2.19 bits per heavy atom. The highest BCUT2D eigenvalue weighted by molar-refractivity contribution is 7.86. The van der Waals surface area contributed by atoms with Crippen LogP contribution < -0.4 is 0 Å². The van der Waals surface area contributed by atoms with Crippen LogP contribution in [0.3, 0.4) is 0 Å². The van der Waals surface area contributed by atoms with E-state index in [0.717, 1.165) is 5.56 Å². The van der Waals surface area contributed by atoms with Crippen LogP contribution in [0.4, 0.5) is 0 Å². The molecule has 0 spiro atoms. The van der Waals surface area contributed by atoms with Gasteiger partial charge in [-0.3, -0.25) is 4.18 Å². The highest BCUT2D eigenvalue weighted by atomic mass is 32.2. The molecule has 1 aromatic rings. The average Bonchev–Trinajstić information content (AvgIpc) is 2.82. The zero-order chi connectivity index (χ0) is 24.2. The molecule has 8 nitrogen and oxygen atoms in total. The number of hydrogen-bond acceptors (Lipinski definition) is 8. The van der Waals surface area contributed by atoms with Crippen LogP contribution in [-0.4, -0.2) is 66.5 Å². The molecule has 2 aliphatic heterocycles. The van der Waals surface area contributed by atoms with Crippen molar-refractivity contribution in [3.63, 3.8) is 0 Å². The summed E-state index contributed by atoms with van der Waals surface area (Å²) in [6.45, 7) is 13.7. The van der Waals surface area contributed by atoms with Crippen LogP contribution in [0.15, 0.2) is 29.2 Å². The molecule has 0 amide bonds. The zero-order valence-corrected chi connectivity index (χ0v) is 22.0. The maximum Gasteiger partial charge on any atom is 0.349 e. The van der Waals surface area contributed by atoms with Crippen molar-refractivity contribution in [2.75, 3.05) is 20.3 Å². The second-order valence-electron chi connectivity index (χ2n) is 10.7. The van der Waals surface area contributed by atoms with Crippen LogP contribution in [0.1, 0.15) is 47.1 Å². The molecule has 4 atom stereocenters. The van der Waals surface area contributed by atoms with Crippen molar-refractivity contribution in [3.8, 4) is 0 Å². The van der Waals surface area contributed by atoms with Crippen molar-refractivity contribution >= 4 is 18.7 Å². The second-order valence-corrected chi connectivity index (χ2v) is 17.1. The summed E-state index contributed by atoms with van der Waals surface area (Å²) in [5.74, 6) is 0. The summed E-state index contributed by atoms with van der Waals surface area (Å²) in [4.78, 5) is 0.0159. The SMILES string of the molecule is CO[C@H]1O[C@@H]2CO[Si](C(C)(C)C)(C(C)(C)C)O[C@H]1[C@@]2(O)COS(=O)(=O)c1ccc(C)cc1. The minimum atomic E-state index is -4.10. The number of fused-ring (bicyclic) bond motifs is 2. The van der Waals surface area contributed by atoms with Crippen molar-refractivity contribution in [2.45, 2.75) is 87.5 Å². The van der Waals surface area contributed by atoms with Crippen molar-refractivity contribution < 1.29 is 36.0 Å². The minimum Gasteiger partial charge on any atom is -0.391 e. The van der Waals surface area contributed by atoms with Gasteiger partial charge in [0.15, 0.2) is 6.29 Å². The van der Waals surface area contributed by atoms with Gasteiger partial charge in [-0.25, -0.2) is 0 Å². The summed E-state index contributed by atoms with van der Waals surface area (Å²) in [5, 5.41) is 11.0. The summed E-state index contributed by atoms with van der Waals surface area (Å²) < 4.78 is 55.3. The summed E-state index contributed by atoms with van der Waals surface area (Å²) >= 11 is 0. The third kappa shape index (κ3) is 4.32. The Morgan fingerprint density at radius 2 is 1.69 bits per heavy atom. The highest BCUT2D eigenvalue weighted by Gasteiger charge is 2.68. The van der Waals surface area contributed by atoms with E-state index in [1.54, 1.807) is 12.1 Å². The number of hydrogen-bond donors (Lipinski definition) is 1. The fraction of sp³-hybridized carbons (Fsp3) is 0.727. The Bertz CT molecular complexity index is 905. The molecule has 0 radical (unpaired) electrons. The quantitative estimate of drug-likeness (QED) is 0.498. The molecule has 0 aliphatic carbocycles. The van der Waals surface area contributed by atoms with Gasteiger partial charge in [-0.2, -0.15) is 8.42 Å². The van der Waals surface area contributed by atoms with E-state index in [1.807, 2.05) is 6.92 Å². The molecule has 182 valence electrons. The van der Waals surface area contributed by atoms with Crippen LogP contribution in [0, 0.1) is 6.92 Å². The zero-order valence-electron chi connectivity index (χ0n) is 20.2. The Morgan fingerprint density at radius 1 is 1.12 bits per heavy atom. The topological polar surface area (TPSA) is 101 Å². The van der Waals surface area contributed by atoms with E-state index in [4.69, 9.17) is 22.5 Å². The Labute approximate surface area is 192 Å². The third-order valence-corrected chi connectivity index (χ3v) is 12.7. The number of aliphatic hydroxyl groups is 1. The van der Waals surface area contributed by atoms with E-state index in [-0.39, 0.29) is 21.6 Å². The molecular weight excluding hydrogens is 452 g/mol. The maximum absolute atomic E-state index is 12.8. The largest absolute Gasteiger partial charge is 0.391 e. The fourth-order valence-corrected chi connectivity index (χ4v) is 10.6. The van der Waals surface area contributed by atoms with E-state index >= 15 is 0 Å². The van der Waals surface area contributed by atoms with Crippen LogP contribution >= 0.6 is 0 Å². The lowest BCUT2D eigenvalue weighted by atomic mass is 9.94. The minimum absolute atomic E-state index is 0.0159. The average molecular weight is 489 g/mol. The first-order chi connectivity index (χ1) is 14.6. The molecule has 2 heterocycles. The number of ether oxygens (including phenoxy) is 2. The lowest BCUT2D eigenvalue weighted by Gasteiger charge is -2.50. The Balaban J connectivity index is 1.95. The predicted octanol–water partition coefficient (Wildman–Crippen LogP) is 3.26. The standard InChI is InChI=1S/C22H36O8SSi/c1-15-9-11-16(12-10-15)31(24,25)27-14-22(23)17-13-28-32(20(2,3)4,21(5,6)7)30-18(22)19(26-8)29-17/h9-12,17-19,23H,13-14H2,1-8H3/t17-,18-,19+,22-/m1/s1. The molecule has 2 fully saturated rings. The number of methoxy groups -OCH3 is 1. The van der Waals surface area contributed by atoms with Gasteiger partial charge in [-0.15, -0.1) is 0 Å². The molecule has 10 heteroatoms. The van der Waals surface area contributed by atoms with Crippen molar-refractivity contribution in [2.24, 2.45) is 0 Å². The molecule has 2 aliphatic rings. The molecule has 3 rings (SSSR count). The molecule has 1 N–H and O–H groups in total. The molecule has 2 bridgehead atoms. The lowest BCUT2D eigenvalue weighted by Crippen LogP contribution is -2.62. The smallest absolute Gasteiger partial charge is 0.349 e. The van der Waals surface area contributed by atoms with Gasteiger partial charge in [-0.1, -0.05) is 59.2 Å². The van der Waals surface area contributed by atoms with Gasteiger partial charge in [0.05, 0.1) is 11.5 Å². The van der Waals surface area contributed by atoms with E-state index < -0.39 is 49.4 Å². The number of aryl methyl sites for hydroxylation is 1. The van der Waals surface area contributed by atoms with Gasteiger partial charge in [0.1, 0.15) is 24.4 Å². The summed E-state index contributed by atoms with van der Waals surface area (Å²) in [6, 6.07) is 6.32. The summed E-state index contributed by atoms with van der Waals surface area (Å²) in [5.41, 5.74) is -0.846. The fourth-order valence-electron chi connectivity index (χ4n) is 4.73. The maximum atomic E-state index is 12.8. The third-order valence-electron chi connectivity index (χ3n) is 6.29. The van der Waals surface area contributed by atoms with Gasteiger partial charge in [-0.05, 0) is 19.1 Å². The highest BCUT2D eigenvalue weighted by Crippen LogP contribution is 2.56. The van der Waals surface area contributed by atoms with Crippen LogP contribution in [-0.2, 0) is 32.6 Å². The van der Waals surface area contributed by atoms with Crippen molar-refractivity contribution in [1.29, 1.82) is 0 Å². The number of rotatable bonds is 5. The molecule has 1 aromatic carbocycles. The first-order valence-electron chi connectivity index (χ1n) is 10.8. The van der Waals surface area contributed by atoms with Crippen LogP contribution in [0.2, 0.25) is 10.1 Å². The Hall–Kier alpha value is -0.853. The molecule has 0 unspecified atom stereocenters. The molecule has 2 saturated heterocycles.